The van der Waals surface area contributed by atoms with Gasteiger partial charge in [-0.1, -0.05) is 287 Å². The zero-order valence-corrected chi connectivity index (χ0v) is 75.9. The Hall–Kier alpha value is 0.600. The Labute approximate surface area is 690 Å². The predicted octanol–water partition coefficient (Wildman–Crippen LogP) is 19.7. The SMILES string of the molecule is C.C.CCCCCCCCCCCCSC(=S)SC(C)(C)C(=O)NCCCCNC(=O)C(C)(C)SC(=S)SCCCCCCCCCCCC.CCCCCCCCCCCCSC(=S)SC(C)(C)C(=O)O.CS(=O)(=O)Cl.CS(=O)(=O)OCCCCCS(=O)(=O)O.N.NCCCCN.O.OCCCCO. The van der Waals surface area contributed by atoms with Gasteiger partial charge in [-0.25, -0.2) is 8.42 Å². The fourth-order valence-corrected chi connectivity index (χ4v) is 18.6. The second-order valence-electron chi connectivity index (χ2n) is 26.2. The van der Waals surface area contributed by atoms with Crippen LogP contribution in [0, 0.1) is 0 Å². The van der Waals surface area contributed by atoms with Crippen LogP contribution >= 0.6 is 118 Å². The lowest BCUT2D eigenvalue weighted by Gasteiger charge is -2.23. The molecule has 105 heavy (non-hydrogen) atoms. The van der Waals surface area contributed by atoms with Gasteiger partial charge < -0.3 is 49.0 Å². The van der Waals surface area contributed by atoms with Crippen LogP contribution in [0.15, 0.2) is 0 Å². The highest BCUT2D eigenvalue weighted by atomic mass is 35.7. The topological polar surface area (TPSA) is 386 Å². The second-order valence-corrected chi connectivity index (χ2v) is 44.2. The summed E-state index contributed by atoms with van der Waals surface area (Å²) in [6.45, 7) is 21.1. The van der Waals surface area contributed by atoms with Crippen molar-refractivity contribution in [3.05, 3.63) is 0 Å². The smallest absolute Gasteiger partial charge is 0.319 e. The summed E-state index contributed by atoms with van der Waals surface area (Å²) in [6, 6.07) is 0. The van der Waals surface area contributed by atoms with Gasteiger partial charge in [0.1, 0.15) is 15.3 Å². The highest BCUT2D eigenvalue weighted by Crippen LogP contribution is 2.34. The number of carbonyl (C=O) groups excluding carboxylic acids is 2. The van der Waals surface area contributed by atoms with E-state index in [0.717, 1.165) is 92.0 Å². The average molecular weight is 1750 g/mol. The molecule has 33 heteroatoms. The number of aliphatic hydroxyl groups excluding tert-OH is 2. The summed E-state index contributed by atoms with van der Waals surface area (Å²) < 4.78 is 73.4. The maximum absolute atomic E-state index is 12.8. The van der Waals surface area contributed by atoms with Crippen molar-refractivity contribution in [2.45, 2.75) is 342 Å². The zero-order valence-electron chi connectivity index (χ0n) is 65.4. The summed E-state index contributed by atoms with van der Waals surface area (Å²) in [7, 11) is -6.00. The minimum absolute atomic E-state index is 0. The number of halogens is 1. The molecule has 0 heterocycles. The van der Waals surface area contributed by atoms with Crippen molar-refractivity contribution in [3.8, 4) is 0 Å². The molecule has 0 rings (SSSR count). The first-order valence-corrected chi connectivity index (χ1v) is 49.9. The normalized spacial score (nSPS) is 11.2. The highest BCUT2D eigenvalue weighted by Gasteiger charge is 2.32. The lowest BCUT2D eigenvalue weighted by Crippen LogP contribution is -2.41. The van der Waals surface area contributed by atoms with Gasteiger partial charge in [0.15, 0.2) is 0 Å². The van der Waals surface area contributed by atoms with Crippen molar-refractivity contribution >= 4 is 176 Å². The monoisotopic (exact) mass is 1750 g/mol. The Morgan fingerprint density at radius 3 is 0.914 bits per heavy atom. The fraction of sp³-hybridized carbons (Fsp3) is 0.917. The lowest BCUT2D eigenvalue weighted by atomic mass is 10.1. The average Bonchev–Trinajstić information content (AvgIpc) is 0.891. The van der Waals surface area contributed by atoms with Crippen LogP contribution in [0.2, 0.25) is 0 Å². The van der Waals surface area contributed by atoms with Crippen LogP contribution in [0.1, 0.15) is 328 Å². The predicted molar refractivity (Wildman–Crippen MR) is 483 cm³/mol. The minimum Gasteiger partial charge on any atom is -0.480 e. The number of nitrogens with two attached hydrogens (primary N) is 2. The van der Waals surface area contributed by atoms with E-state index in [9.17, 15) is 39.6 Å². The van der Waals surface area contributed by atoms with E-state index in [1.807, 2.05) is 27.7 Å². The van der Waals surface area contributed by atoms with E-state index in [1.165, 1.54) is 228 Å². The number of aliphatic hydroxyl groups is 2. The van der Waals surface area contributed by atoms with Crippen LogP contribution in [0.25, 0.3) is 0 Å². The summed E-state index contributed by atoms with van der Waals surface area (Å²) in [5.74, 6) is 2.00. The molecule has 0 aromatic heterocycles. The minimum atomic E-state index is -3.90. The molecule has 0 saturated carbocycles. The first-order chi connectivity index (χ1) is 47.4. The number of hydrogen-bond acceptors (Lipinski definition) is 24. The molecule has 0 aliphatic heterocycles. The van der Waals surface area contributed by atoms with Gasteiger partial charge in [-0.05, 0) is 143 Å². The molecule has 20 nitrogen and oxygen atoms in total. The number of carbonyl (C=O) groups is 3. The molecule has 0 atom stereocenters. The molecule has 0 saturated heterocycles. The number of unbranched alkanes of at least 4 members (excludes halogenated alkanes) is 32. The number of amides is 2. The number of thiocarbonyl (C=S) groups is 3. The van der Waals surface area contributed by atoms with Gasteiger partial charge in [0.05, 0.1) is 34.4 Å². The van der Waals surface area contributed by atoms with Gasteiger partial charge in [0, 0.05) is 37.0 Å². The molecule has 0 bridgehead atoms. The number of hydrogen-bond donors (Lipinski definition) is 9. The van der Waals surface area contributed by atoms with Crippen LogP contribution in [-0.4, -0.2) is 175 Å². The first kappa shape index (κ1) is 126. The number of rotatable bonds is 57. The van der Waals surface area contributed by atoms with Gasteiger partial charge >= 0.3 is 5.97 Å². The Balaban J connectivity index is -0.000000162. The van der Waals surface area contributed by atoms with Crippen molar-refractivity contribution < 1.29 is 69.2 Å². The molecule has 0 radical (unpaired) electrons. The van der Waals surface area contributed by atoms with Gasteiger partial charge in [-0.3, -0.25) is 23.1 Å². The van der Waals surface area contributed by atoms with Crippen LogP contribution in [0.4, 0.5) is 0 Å². The van der Waals surface area contributed by atoms with E-state index in [0.29, 0.717) is 32.4 Å². The number of nitrogens with one attached hydrogen (secondary N) is 2. The molecule has 0 aromatic rings. The Bertz CT molecular complexity index is 2210. The van der Waals surface area contributed by atoms with Gasteiger partial charge in [0.2, 0.25) is 20.9 Å². The molecule has 638 valence electrons. The molecule has 15 N–H and O–H groups in total. The Morgan fingerprint density at radius 2 is 0.686 bits per heavy atom. The highest BCUT2D eigenvalue weighted by molar-refractivity contribution is 8.48. The quantitative estimate of drug-likeness (QED) is 0.00898. The lowest BCUT2D eigenvalue weighted by molar-refractivity contribution is -0.138. The molecular formula is C72H156ClN5O15S12. The van der Waals surface area contributed by atoms with Crippen LogP contribution in [0.5, 0.6) is 0 Å². The summed E-state index contributed by atoms with van der Waals surface area (Å²) in [6.07, 6.45) is 48.4. The van der Waals surface area contributed by atoms with Crippen molar-refractivity contribution in [2.24, 2.45) is 11.5 Å². The summed E-state index contributed by atoms with van der Waals surface area (Å²) in [5, 5.41) is 31.4. The molecule has 0 aromatic carbocycles. The Kier molecular flexibility index (Phi) is 105. The molecule has 0 fully saturated rings. The van der Waals surface area contributed by atoms with Gasteiger partial charge in [-0.15, -0.1) is 35.3 Å². The third kappa shape index (κ3) is 113. The van der Waals surface area contributed by atoms with Gasteiger partial charge in [-0.2, -0.15) is 16.8 Å². The molecule has 2 amide bonds. The standard InChI is InChI=1S/C38H72N2O2S6.C17H32O2S3.C6H14O6S2.C4H12N2.C4H10O2.CH3ClO2S.2CH4.H3N.H2O/c1-7-9-11-13-15-17-19-21-23-27-31-45-35(43)47-37(3,4)33(41)39-29-25-26-30-40-34(42)38(5,6)48-36(44)46-32-28-24-22-20-18-16-14-12-10-8-2;1-4-5-6-7-8-9-10-11-12-13-14-21-16(20)22-17(2,3)15(18)19;1-13(7,8)12-5-3-2-4-6-14(9,10)11;2*5-3-1-2-4-6;1-5(2,3)4;;;;/h7-32H2,1-6H3,(H,39,41)(H,40,42);4-14H2,1-3H3,(H,18,19);2-6H2,1H3,(H,9,10,11);1-6H2;5-6H,1-4H2;1H3;2*1H4;1H3;1H2. The Morgan fingerprint density at radius 1 is 0.438 bits per heavy atom. The van der Waals surface area contributed by atoms with E-state index < -0.39 is 49.5 Å². The van der Waals surface area contributed by atoms with E-state index in [1.54, 1.807) is 49.1 Å². The van der Waals surface area contributed by atoms with E-state index in [2.05, 4.69) is 46.3 Å². The summed E-state index contributed by atoms with van der Waals surface area (Å²) in [5.41, 5.74) is 10.3. The van der Waals surface area contributed by atoms with Crippen molar-refractivity contribution in [1.29, 1.82) is 0 Å². The van der Waals surface area contributed by atoms with Crippen LogP contribution < -0.4 is 28.3 Å². The molecule has 0 aliphatic carbocycles. The maximum Gasteiger partial charge on any atom is 0.319 e. The second kappa shape index (κ2) is 87.0. The zero-order chi connectivity index (χ0) is 78.2. The largest absolute Gasteiger partial charge is 0.480 e. The van der Waals surface area contributed by atoms with E-state index in [-0.39, 0.29) is 63.9 Å². The number of carboxylic acid groups (broad SMARTS) is 1. The molecule has 0 spiro atoms. The van der Waals surface area contributed by atoms with Crippen LogP contribution in [-0.2, 0) is 47.9 Å². The maximum atomic E-state index is 12.8. The van der Waals surface area contributed by atoms with E-state index >= 15 is 0 Å². The number of thioether (sulfide) groups is 6. The first-order valence-electron chi connectivity index (χ1n) is 37.1. The molecular weight excluding hydrogens is 1600 g/mol. The molecule has 0 unspecified atom stereocenters. The van der Waals surface area contributed by atoms with Crippen molar-refractivity contribution in [2.75, 3.05) is 81.5 Å². The van der Waals surface area contributed by atoms with Crippen molar-refractivity contribution in [3.63, 3.8) is 0 Å². The molecule has 0 aliphatic rings. The fourth-order valence-electron chi connectivity index (χ4n) is 8.45. The van der Waals surface area contributed by atoms with Crippen LogP contribution in [0.3, 0.4) is 0 Å². The third-order valence-electron chi connectivity index (χ3n) is 14.5. The van der Waals surface area contributed by atoms with Gasteiger partial charge in [0.25, 0.3) is 20.2 Å². The van der Waals surface area contributed by atoms with E-state index in [4.69, 9.17) is 68.0 Å². The third-order valence-corrected chi connectivity index (χ3v) is 24.3. The number of aliphatic carboxylic acids is 1. The number of carboxylic acids is 1. The summed E-state index contributed by atoms with van der Waals surface area (Å²) >= 11 is 25.8. The van der Waals surface area contributed by atoms with Crippen molar-refractivity contribution in [1.82, 2.24) is 16.8 Å². The summed E-state index contributed by atoms with van der Waals surface area (Å²) in [4.78, 5) is 36.7.